The maximum atomic E-state index is 11.5. The maximum absolute atomic E-state index is 11.5. The van der Waals surface area contributed by atoms with Gasteiger partial charge in [0.2, 0.25) is 0 Å². The number of aryl methyl sites for hydroxylation is 1. The van der Waals surface area contributed by atoms with E-state index in [0.717, 1.165) is 25.7 Å². The highest BCUT2D eigenvalue weighted by molar-refractivity contribution is 6.31. The van der Waals surface area contributed by atoms with E-state index in [4.69, 9.17) is 21.4 Å². The van der Waals surface area contributed by atoms with Crippen molar-refractivity contribution in [2.75, 3.05) is 6.61 Å². The molecule has 0 atom stereocenters. The summed E-state index contributed by atoms with van der Waals surface area (Å²) in [4.78, 5) is 25.2. The van der Waals surface area contributed by atoms with Gasteiger partial charge in [-0.1, -0.05) is 37.8 Å². The molecule has 3 N–H and O–H groups in total. The van der Waals surface area contributed by atoms with Gasteiger partial charge in [0.1, 0.15) is 11.4 Å². The predicted molar refractivity (Wildman–Crippen MR) is 95.9 cm³/mol. The standard InChI is InChI=1S/C18H22ClNO5/c1-2-3-4-5-8-25-14-10-11(19)9-13-16(14)12(6-7-15(21)22)17(20-13)18(23)24/h9-10,20H,2-8H2,1H3,(H,21,22)(H,23,24). The number of ether oxygens (including phenoxy) is 1. The Morgan fingerprint density at radius 3 is 2.60 bits per heavy atom. The smallest absolute Gasteiger partial charge is 0.352 e. The molecule has 0 aliphatic heterocycles. The van der Waals surface area contributed by atoms with Crippen molar-refractivity contribution in [2.45, 2.75) is 45.4 Å². The van der Waals surface area contributed by atoms with Crippen LogP contribution in [0, 0.1) is 0 Å². The van der Waals surface area contributed by atoms with Crippen LogP contribution in [0.15, 0.2) is 12.1 Å². The highest BCUT2D eigenvalue weighted by atomic mass is 35.5. The lowest BCUT2D eigenvalue weighted by molar-refractivity contribution is -0.136. The van der Waals surface area contributed by atoms with Crippen LogP contribution in [-0.4, -0.2) is 33.7 Å². The summed E-state index contributed by atoms with van der Waals surface area (Å²) in [6, 6.07) is 3.27. The topological polar surface area (TPSA) is 99.6 Å². The first-order valence-electron chi connectivity index (χ1n) is 8.36. The van der Waals surface area contributed by atoms with Crippen molar-refractivity contribution < 1.29 is 24.5 Å². The number of nitrogens with one attached hydrogen (secondary N) is 1. The number of hydrogen-bond donors (Lipinski definition) is 3. The molecule has 1 aromatic heterocycles. The molecule has 0 aliphatic rings. The molecule has 2 aromatic rings. The van der Waals surface area contributed by atoms with E-state index >= 15 is 0 Å². The lowest BCUT2D eigenvalue weighted by Gasteiger charge is -2.10. The Bertz CT molecular complexity index is 768. The zero-order chi connectivity index (χ0) is 18.4. The molecule has 2 rings (SSSR count). The molecule has 0 bridgehead atoms. The van der Waals surface area contributed by atoms with E-state index in [1.54, 1.807) is 12.1 Å². The summed E-state index contributed by atoms with van der Waals surface area (Å²) in [5.41, 5.74) is 0.952. The van der Waals surface area contributed by atoms with Gasteiger partial charge in [-0.25, -0.2) is 4.79 Å². The lowest BCUT2D eigenvalue weighted by atomic mass is 10.0. The minimum Gasteiger partial charge on any atom is -0.493 e. The number of hydrogen-bond acceptors (Lipinski definition) is 3. The van der Waals surface area contributed by atoms with Crippen molar-refractivity contribution in [1.29, 1.82) is 0 Å². The van der Waals surface area contributed by atoms with E-state index < -0.39 is 11.9 Å². The molecule has 0 saturated carbocycles. The Morgan fingerprint density at radius 1 is 1.20 bits per heavy atom. The van der Waals surface area contributed by atoms with Gasteiger partial charge < -0.3 is 19.9 Å². The summed E-state index contributed by atoms with van der Waals surface area (Å²) in [7, 11) is 0. The summed E-state index contributed by atoms with van der Waals surface area (Å²) in [6.07, 6.45) is 4.14. The van der Waals surface area contributed by atoms with Gasteiger partial charge in [0.15, 0.2) is 0 Å². The Morgan fingerprint density at radius 2 is 1.96 bits per heavy atom. The van der Waals surface area contributed by atoms with Gasteiger partial charge >= 0.3 is 11.9 Å². The fraction of sp³-hybridized carbons (Fsp3) is 0.444. The molecular weight excluding hydrogens is 346 g/mol. The number of rotatable bonds is 10. The van der Waals surface area contributed by atoms with Crippen LogP contribution in [0.1, 0.15) is 55.1 Å². The molecule has 0 radical (unpaired) electrons. The van der Waals surface area contributed by atoms with Gasteiger partial charge in [0.25, 0.3) is 0 Å². The molecule has 0 fully saturated rings. The van der Waals surface area contributed by atoms with Crippen molar-refractivity contribution in [3.63, 3.8) is 0 Å². The van der Waals surface area contributed by atoms with Crippen LogP contribution in [0.2, 0.25) is 5.02 Å². The third-order valence-electron chi connectivity index (χ3n) is 3.99. The number of fused-ring (bicyclic) bond motifs is 1. The molecule has 0 amide bonds. The highest BCUT2D eigenvalue weighted by Gasteiger charge is 2.21. The number of carbonyl (C=O) groups is 2. The van der Waals surface area contributed by atoms with Crippen molar-refractivity contribution in [1.82, 2.24) is 4.98 Å². The highest BCUT2D eigenvalue weighted by Crippen LogP contribution is 2.35. The summed E-state index contributed by atoms with van der Waals surface area (Å²) in [5.74, 6) is -1.63. The number of halogens is 1. The lowest BCUT2D eigenvalue weighted by Crippen LogP contribution is -2.05. The molecule has 6 nitrogen and oxygen atoms in total. The molecule has 1 heterocycles. The molecule has 136 valence electrons. The summed E-state index contributed by atoms with van der Waals surface area (Å²) >= 11 is 6.11. The number of H-pyrrole nitrogens is 1. The fourth-order valence-corrected chi connectivity index (χ4v) is 3.02. The van der Waals surface area contributed by atoms with Crippen LogP contribution in [0.3, 0.4) is 0 Å². The first kappa shape index (κ1) is 19.1. The van der Waals surface area contributed by atoms with Gasteiger partial charge in [-0.3, -0.25) is 4.79 Å². The van der Waals surface area contributed by atoms with Gasteiger partial charge in [-0.15, -0.1) is 0 Å². The average Bonchev–Trinajstić information content (AvgIpc) is 2.91. The molecule has 0 spiro atoms. The normalized spacial score (nSPS) is 11.0. The number of benzene rings is 1. The molecule has 1 aromatic carbocycles. The Labute approximate surface area is 150 Å². The molecule has 0 aliphatic carbocycles. The third kappa shape index (κ3) is 4.89. The first-order chi connectivity index (χ1) is 11.9. The van der Waals surface area contributed by atoms with Crippen LogP contribution < -0.4 is 4.74 Å². The van der Waals surface area contributed by atoms with Crippen molar-refractivity contribution in [3.05, 3.63) is 28.4 Å². The minimum atomic E-state index is -1.14. The zero-order valence-corrected chi connectivity index (χ0v) is 14.9. The Kier molecular flexibility index (Phi) is 6.70. The van der Waals surface area contributed by atoms with Crippen LogP contribution in [0.25, 0.3) is 10.9 Å². The van der Waals surface area contributed by atoms with E-state index in [2.05, 4.69) is 11.9 Å². The largest absolute Gasteiger partial charge is 0.493 e. The Hall–Kier alpha value is -2.21. The number of carboxylic acid groups (broad SMARTS) is 2. The van der Waals surface area contributed by atoms with Crippen LogP contribution in [-0.2, 0) is 11.2 Å². The van der Waals surface area contributed by atoms with Crippen LogP contribution in [0.5, 0.6) is 5.75 Å². The van der Waals surface area contributed by atoms with Crippen molar-refractivity contribution in [3.8, 4) is 5.75 Å². The average molecular weight is 368 g/mol. The first-order valence-corrected chi connectivity index (χ1v) is 8.73. The quantitative estimate of drug-likeness (QED) is 0.537. The van der Waals surface area contributed by atoms with Gasteiger partial charge in [0.05, 0.1) is 12.1 Å². The summed E-state index contributed by atoms with van der Waals surface area (Å²) in [6.45, 7) is 2.63. The molecular formula is C18H22ClNO5. The Balaban J connectivity index is 2.38. The van der Waals surface area contributed by atoms with E-state index in [1.165, 1.54) is 0 Å². The van der Waals surface area contributed by atoms with Crippen molar-refractivity contribution >= 4 is 34.4 Å². The van der Waals surface area contributed by atoms with Crippen LogP contribution >= 0.6 is 11.6 Å². The maximum Gasteiger partial charge on any atom is 0.352 e. The van der Waals surface area contributed by atoms with E-state index in [-0.39, 0.29) is 18.5 Å². The number of aliphatic carboxylic acids is 1. The van der Waals surface area contributed by atoms with Crippen LogP contribution in [0.4, 0.5) is 0 Å². The second kappa shape index (κ2) is 8.76. The molecule has 25 heavy (non-hydrogen) atoms. The van der Waals surface area contributed by atoms with Crippen molar-refractivity contribution in [2.24, 2.45) is 0 Å². The molecule has 7 heteroatoms. The minimum absolute atomic E-state index is 0.0191. The number of carboxylic acids is 2. The zero-order valence-electron chi connectivity index (χ0n) is 14.1. The van der Waals surface area contributed by atoms with Gasteiger partial charge in [0, 0.05) is 16.8 Å². The summed E-state index contributed by atoms with van der Waals surface area (Å²) in [5, 5.41) is 19.4. The fourth-order valence-electron chi connectivity index (χ4n) is 2.82. The second-order valence-electron chi connectivity index (χ2n) is 5.91. The van der Waals surface area contributed by atoms with E-state index in [9.17, 15) is 14.7 Å². The number of aromatic carboxylic acids is 1. The second-order valence-corrected chi connectivity index (χ2v) is 6.35. The number of aromatic nitrogens is 1. The van der Waals surface area contributed by atoms with E-state index in [1.807, 2.05) is 0 Å². The van der Waals surface area contributed by atoms with E-state index in [0.29, 0.717) is 33.8 Å². The molecule has 0 saturated heterocycles. The third-order valence-corrected chi connectivity index (χ3v) is 4.21. The monoisotopic (exact) mass is 367 g/mol. The molecule has 0 unspecified atom stereocenters. The predicted octanol–water partition coefficient (Wildman–Crippen LogP) is 4.50. The number of unbranched alkanes of at least 4 members (excludes halogenated alkanes) is 3. The number of aromatic amines is 1. The SMILES string of the molecule is CCCCCCOc1cc(Cl)cc2[nH]c(C(=O)O)c(CCC(=O)O)c12. The summed E-state index contributed by atoms with van der Waals surface area (Å²) < 4.78 is 5.84. The van der Waals surface area contributed by atoms with Gasteiger partial charge in [-0.05, 0) is 30.5 Å². The van der Waals surface area contributed by atoms with Gasteiger partial charge in [-0.2, -0.15) is 0 Å².